The lowest BCUT2D eigenvalue weighted by Gasteiger charge is -2.28. The Hall–Kier alpha value is -0.180. The number of hydrogen-bond acceptors (Lipinski definition) is 2. The summed E-state index contributed by atoms with van der Waals surface area (Å²) in [6, 6.07) is 0. The first-order chi connectivity index (χ1) is 7.88. The first-order valence-electron chi connectivity index (χ1n) is 6.77. The fraction of sp³-hybridized carbons (Fsp3) is 0.929. The standard InChI is InChI=1S/C14H27NOS/c1-11(2)8-15(9-12(3)4)13(16)7-14(10-17)5-6-14/h11-12,17H,5-10H2,1-4H3. The number of rotatable bonds is 7. The van der Waals surface area contributed by atoms with Crippen molar-refractivity contribution in [3.05, 3.63) is 0 Å². The van der Waals surface area contributed by atoms with Gasteiger partial charge in [0.25, 0.3) is 0 Å². The predicted molar refractivity (Wildman–Crippen MR) is 76.4 cm³/mol. The molecule has 0 saturated heterocycles. The summed E-state index contributed by atoms with van der Waals surface area (Å²) in [5.41, 5.74) is 0.242. The molecule has 1 amide bonds. The highest BCUT2D eigenvalue weighted by atomic mass is 32.1. The summed E-state index contributed by atoms with van der Waals surface area (Å²) in [4.78, 5) is 14.4. The summed E-state index contributed by atoms with van der Waals surface area (Å²) < 4.78 is 0. The van der Waals surface area contributed by atoms with E-state index in [0.717, 1.165) is 18.8 Å². The lowest BCUT2D eigenvalue weighted by molar-refractivity contribution is -0.133. The van der Waals surface area contributed by atoms with E-state index in [1.165, 1.54) is 12.8 Å². The number of thiol groups is 1. The molecule has 0 aromatic heterocycles. The van der Waals surface area contributed by atoms with Crippen molar-refractivity contribution in [2.45, 2.75) is 47.0 Å². The molecule has 1 rings (SSSR count). The summed E-state index contributed by atoms with van der Waals surface area (Å²) in [6.45, 7) is 10.5. The Morgan fingerprint density at radius 3 is 1.94 bits per heavy atom. The molecule has 100 valence electrons. The summed E-state index contributed by atoms with van der Waals surface area (Å²) >= 11 is 4.38. The van der Waals surface area contributed by atoms with Crippen molar-refractivity contribution in [2.24, 2.45) is 17.3 Å². The molecule has 0 aromatic rings. The van der Waals surface area contributed by atoms with Crippen molar-refractivity contribution in [3.8, 4) is 0 Å². The van der Waals surface area contributed by atoms with Gasteiger partial charge in [-0.2, -0.15) is 12.6 Å². The van der Waals surface area contributed by atoms with E-state index in [0.29, 0.717) is 24.2 Å². The van der Waals surface area contributed by atoms with Crippen LogP contribution in [0, 0.1) is 17.3 Å². The predicted octanol–water partition coefficient (Wildman–Crippen LogP) is 3.23. The zero-order chi connectivity index (χ0) is 13.1. The average molecular weight is 257 g/mol. The van der Waals surface area contributed by atoms with E-state index in [1.807, 2.05) is 0 Å². The molecule has 0 bridgehead atoms. The number of hydrogen-bond donors (Lipinski definition) is 1. The van der Waals surface area contributed by atoms with Gasteiger partial charge in [0.1, 0.15) is 0 Å². The molecule has 0 unspecified atom stereocenters. The largest absolute Gasteiger partial charge is 0.342 e. The second kappa shape index (κ2) is 6.12. The Kier molecular flexibility index (Phi) is 5.36. The molecular weight excluding hydrogens is 230 g/mol. The van der Waals surface area contributed by atoms with Gasteiger partial charge in [-0.05, 0) is 35.8 Å². The number of amides is 1. The Balaban J connectivity index is 2.52. The second-order valence-electron chi connectivity index (χ2n) is 6.42. The highest BCUT2D eigenvalue weighted by Crippen LogP contribution is 2.49. The van der Waals surface area contributed by atoms with Crippen molar-refractivity contribution >= 4 is 18.5 Å². The summed E-state index contributed by atoms with van der Waals surface area (Å²) in [7, 11) is 0. The molecule has 0 aromatic carbocycles. The number of carbonyl (C=O) groups excluding carboxylic acids is 1. The van der Waals surface area contributed by atoms with Crippen LogP contribution in [0.25, 0.3) is 0 Å². The third kappa shape index (κ3) is 4.90. The maximum absolute atomic E-state index is 12.3. The van der Waals surface area contributed by atoms with Gasteiger partial charge in [-0.15, -0.1) is 0 Å². The third-order valence-corrected chi connectivity index (χ3v) is 4.01. The fourth-order valence-electron chi connectivity index (χ4n) is 2.16. The van der Waals surface area contributed by atoms with Gasteiger partial charge in [0.05, 0.1) is 0 Å². The zero-order valence-electron chi connectivity index (χ0n) is 11.7. The van der Waals surface area contributed by atoms with E-state index in [4.69, 9.17) is 0 Å². The highest BCUT2D eigenvalue weighted by molar-refractivity contribution is 7.80. The maximum Gasteiger partial charge on any atom is 0.223 e. The third-order valence-electron chi connectivity index (χ3n) is 3.34. The molecule has 0 aliphatic heterocycles. The minimum Gasteiger partial charge on any atom is -0.342 e. The Labute approximate surface area is 112 Å². The Morgan fingerprint density at radius 1 is 1.18 bits per heavy atom. The van der Waals surface area contributed by atoms with Gasteiger partial charge in [-0.1, -0.05) is 27.7 Å². The number of nitrogens with zero attached hydrogens (tertiary/aromatic N) is 1. The molecule has 1 fully saturated rings. The van der Waals surface area contributed by atoms with E-state index < -0.39 is 0 Å². The summed E-state index contributed by atoms with van der Waals surface area (Å²) in [6.07, 6.45) is 3.06. The fourth-order valence-corrected chi connectivity index (χ4v) is 2.59. The van der Waals surface area contributed by atoms with Crippen LogP contribution in [0.5, 0.6) is 0 Å². The normalized spacial score (nSPS) is 17.6. The van der Waals surface area contributed by atoms with Gasteiger partial charge < -0.3 is 4.90 Å². The summed E-state index contributed by atoms with van der Waals surface area (Å²) in [5, 5.41) is 0. The minimum atomic E-state index is 0.242. The smallest absolute Gasteiger partial charge is 0.223 e. The maximum atomic E-state index is 12.3. The molecule has 0 radical (unpaired) electrons. The van der Waals surface area contributed by atoms with Gasteiger partial charge in [-0.3, -0.25) is 4.79 Å². The molecule has 0 spiro atoms. The lowest BCUT2D eigenvalue weighted by atomic mass is 10.0. The molecule has 0 N–H and O–H groups in total. The Morgan fingerprint density at radius 2 is 1.65 bits per heavy atom. The van der Waals surface area contributed by atoms with Crippen LogP contribution < -0.4 is 0 Å². The average Bonchev–Trinajstić information content (AvgIpc) is 2.96. The van der Waals surface area contributed by atoms with Crippen molar-refractivity contribution in [2.75, 3.05) is 18.8 Å². The van der Waals surface area contributed by atoms with Crippen molar-refractivity contribution in [3.63, 3.8) is 0 Å². The molecule has 1 aliphatic rings. The van der Waals surface area contributed by atoms with Crippen LogP contribution >= 0.6 is 12.6 Å². The van der Waals surface area contributed by atoms with Crippen molar-refractivity contribution in [1.82, 2.24) is 4.90 Å². The van der Waals surface area contributed by atoms with Crippen LogP contribution in [0.2, 0.25) is 0 Å². The lowest BCUT2D eigenvalue weighted by Crippen LogP contribution is -2.38. The topological polar surface area (TPSA) is 20.3 Å². The minimum absolute atomic E-state index is 0.242. The van der Waals surface area contributed by atoms with Gasteiger partial charge in [0, 0.05) is 19.5 Å². The molecule has 0 heterocycles. The van der Waals surface area contributed by atoms with E-state index in [2.05, 4.69) is 45.2 Å². The molecular formula is C14H27NOS. The van der Waals surface area contributed by atoms with Crippen molar-refractivity contribution in [1.29, 1.82) is 0 Å². The van der Waals surface area contributed by atoms with E-state index in [1.54, 1.807) is 0 Å². The van der Waals surface area contributed by atoms with Gasteiger partial charge in [0.2, 0.25) is 5.91 Å². The molecule has 3 heteroatoms. The molecule has 1 saturated carbocycles. The van der Waals surface area contributed by atoms with Crippen LogP contribution in [-0.2, 0) is 4.79 Å². The molecule has 17 heavy (non-hydrogen) atoms. The summed E-state index contributed by atoms with van der Waals surface area (Å²) in [5.74, 6) is 2.28. The number of carbonyl (C=O) groups is 1. The van der Waals surface area contributed by atoms with E-state index in [9.17, 15) is 4.79 Å². The van der Waals surface area contributed by atoms with Gasteiger partial charge in [0.15, 0.2) is 0 Å². The highest BCUT2D eigenvalue weighted by Gasteiger charge is 2.43. The van der Waals surface area contributed by atoms with E-state index in [-0.39, 0.29) is 5.41 Å². The zero-order valence-corrected chi connectivity index (χ0v) is 12.6. The van der Waals surface area contributed by atoms with Gasteiger partial charge in [-0.25, -0.2) is 0 Å². The SMILES string of the molecule is CC(C)CN(CC(C)C)C(=O)CC1(CS)CC1. The van der Waals surface area contributed by atoms with E-state index >= 15 is 0 Å². The first kappa shape index (κ1) is 14.9. The van der Waals surface area contributed by atoms with Crippen LogP contribution in [0.4, 0.5) is 0 Å². The van der Waals surface area contributed by atoms with Crippen molar-refractivity contribution < 1.29 is 4.79 Å². The molecule has 2 nitrogen and oxygen atoms in total. The quantitative estimate of drug-likeness (QED) is 0.694. The first-order valence-corrected chi connectivity index (χ1v) is 7.40. The Bertz CT molecular complexity index is 249. The van der Waals surface area contributed by atoms with Crippen LogP contribution in [0.15, 0.2) is 0 Å². The molecule has 1 aliphatic carbocycles. The van der Waals surface area contributed by atoms with Crippen LogP contribution in [0.3, 0.4) is 0 Å². The van der Waals surface area contributed by atoms with Crippen LogP contribution in [0.1, 0.15) is 47.0 Å². The second-order valence-corrected chi connectivity index (χ2v) is 6.74. The van der Waals surface area contributed by atoms with Gasteiger partial charge >= 0.3 is 0 Å². The molecule has 0 atom stereocenters. The monoisotopic (exact) mass is 257 g/mol. The van der Waals surface area contributed by atoms with Crippen LogP contribution in [-0.4, -0.2) is 29.6 Å².